The van der Waals surface area contributed by atoms with Crippen molar-refractivity contribution in [2.45, 2.75) is 36.0 Å². The lowest BCUT2D eigenvalue weighted by Crippen LogP contribution is -2.64. The van der Waals surface area contributed by atoms with Gasteiger partial charge in [0.05, 0.1) is 5.56 Å². The number of halogens is 14. The summed E-state index contributed by atoms with van der Waals surface area (Å²) in [6, 6.07) is 0.807. The first-order chi connectivity index (χ1) is 14.0. The highest BCUT2D eigenvalue weighted by Crippen LogP contribution is 2.75. The second-order valence-corrected chi connectivity index (χ2v) is 6.51. The monoisotopic (exact) mass is 496 g/mol. The molecule has 180 valence electrons. The molecule has 16 heteroatoms. The van der Waals surface area contributed by atoms with Gasteiger partial charge < -0.3 is 5.11 Å². The Morgan fingerprint density at radius 2 is 1.09 bits per heavy atom. The topological polar surface area (TPSA) is 37.3 Å². The number of allylic oxidation sites excluding steroid dienone is 1. The molecule has 0 saturated heterocycles. The van der Waals surface area contributed by atoms with Crippen molar-refractivity contribution in [2.24, 2.45) is 5.41 Å². The van der Waals surface area contributed by atoms with Crippen molar-refractivity contribution in [1.29, 1.82) is 0 Å². The summed E-state index contributed by atoms with van der Waals surface area (Å²) in [5.41, 5.74) is -9.49. The van der Waals surface area contributed by atoms with Crippen LogP contribution in [-0.2, 0) is 11.0 Å². The van der Waals surface area contributed by atoms with E-state index in [0.717, 1.165) is 0 Å². The molecular formula is C16H6F14O2. The van der Waals surface area contributed by atoms with Crippen LogP contribution in [0.3, 0.4) is 0 Å². The molecule has 0 radical (unpaired) electrons. The summed E-state index contributed by atoms with van der Waals surface area (Å²) in [4.78, 5) is 11.9. The number of aliphatic hydroxyl groups excluding tert-OH is 1. The molecule has 1 fully saturated rings. The highest BCUT2D eigenvalue weighted by Gasteiger charge is 3.06. The maximum absolute atomic E-state index is 13.9. The van der Waals surface area contributed by atoms with Crippen molar-refractivity contribution in [2.75, 3.05) is 0 Å². The molecule has 0 amide bonds. The Bertz CT molecular complexity index is 911. The number of carbonyl (C=O) groups excluding carboxylic acids is 1. The van der Waals surface area contributed by atoms with Crippen molar-refractivity contribution in [3.8, 4) is 0 Å². The standard InChI is InChI=1S/C16H6F14O2/c17-11(18,19)7-3-1-6(2-4-7)8(31)5-9(32)10(16(28,29)30)12(20,21)14(24,25)15(26,27)13(10,22)23/h1-5,31H/b8-5-. The average Bonchev–Trinajstić information content (AvgIpc) is 2.65. The Morgan fingerprint density at radius 1 is 0.719 bits per heavy atom. The summed E-state index contributed by atoms with van der Waals surface area (Å²) in [5, 5.41) is 9.55. The first-order valence-electron chi connectivity index (χ1n) is 7.72. The van der Waals surface area contributed by atoms with E-state index < -0.39 is 70.2 Å². The largest absolute Gasteiger partial charge is 0.507 e. The quantitative estimate of drug-likeness (QED) is 0.304. The van der Waals surface area contributed by atoms with Gasteiger partial charge in [-0.3, -0.25) is 4.79 Å². The van der Waals surface area contributed by atoms with Crippen LogP contribution in [0, 0.1) is 5.41 Å². The van der Waals surface area contributed by atoms with Crippen LogP contribution in [0.15, 0.2) is 30.3 Å². The van der Waals surface area contributed by atoms with E-state index in [-0.39, 0.29) is 24.3 Å². The minimum Gasteiger partial charge on any atom is -0.507 e. The first kappa shape index (κ1) is 25.7. The fourth-order valence-corrected chi connectivity index (χ4v) is 3.01. The van der Waals surface area contributed by atoms with Crippen LogP contribution in [-0.4, -0.2) is 40.8 Å². The molecule has 1 aromatic rings. The third-order valence-corrected chi connectivity index (χ3v) is 4.70. The molecule has 1 aromatic carbocycles. The van der Waals surface area contributed by atoms with Crippen LogP contribution in [0.5, 0.6) is 0 Å². The van der Waals surface area contributed by atoms with Crippen molar-refractivity contribution >= 4 is 11.5 Å². The summed E-state index contributed by atoms with van der Waals surface area (Å²) >= 11 is 0. The molecule has 0 heterocycles. The van der Waals surface area contributed by atoms with Gasteiger partial charge in [0, 0.05) is 11.6 Å². The van der Waals surface area contributed by atoms with Crippen LogP contribution in [0.1, 0.15) is 11.1 Å². The summed E-state index contributed by atoms with van der Waals surface area (Å²) in [7, 11) is 0. The molecule has 1 N–H and O–H groups in total. The zero-order chi connectivity index (χ0) is 25.3. The molecule has 2 nitrogen and oxygen atoms in total. The van der Waals surface area contributed by atoms with E-state index in [1.54, 1.807) is 0 Å². The van der Waals surface area contributed by atoms with Gasteiger partial charge in [-0.15, -0.1) is 0 Å². The molecule has 0 aliphatic heterocycles. The van der Waals surface area contributed by atoms with Crippen LogP contribution in [0.4, 0.5) is 61.5 Å². The molecular weight excluding hydrogens is 490 g/mol. The molecule has 0 aromatic heterocycles. The lowest BCUT2D eigenvalue weighted by atomic mass is 9.74. The van der Waals surface area contributed by atoms with Gasteiger partial charge in [0.25, 0.3) is 5.41 Å². The maximum Gasteiger partial charge on any atom is 0.416 e. The van der Waals surface area contributed by atoms with Gasteiger partial charge >= 0.3 is 36.0 Å². The predicted molar refractivity (Wildman–Crippen MR) is 75.3 cm³/mol. The van der Waals surface area contributed by atoms with Crippen molar-refractivity contribution in [3.05, 3.63) is 41.5 Å². The highest BCUT2D eigenvalue weighted by molar-refractivity contribution is 6.02. The predicted octanol–water partition coefficient (Wildman–Crippen LogP) is 6.28. The van der Waals surface area contributed by atoms with Gasteiger partial charge in [-0.1, -0.05) is 12.1 Å². The molecule has 1 saturated carbocycles. The zero-order valence-corrected chi connectivity index (χ0v) is 14.5. The number of benzene rings is 1. The Labute approximate surface area is 167 Å². The summed E-state index contributed by atoms with van der Waals surface area (Å²) in [5.74, 6) is -35.3. The van der Waals surface area contributed by atoms with Crippen LogP contribution in [0.25, 0.3) is 5.76 Å². The van der Waals surface area contributed by atoms with E-state index in [9.17, 15) is 71.4 Å². The minimum absolute atomic E-state index is 0.157. The van der Waals surface area contributed by atoms with Crippen LogP contribution < -0.4 is 0 Å². The van der Waals surface area contributed by atoms with Gasteiger partial charge in [0.1, 0.15) is 5.76 Å². The fraction of sp³-hybridized carbons (Fsp3) is 0.438. The Balaban J connectivity index is 2.73. The number of alkyl halides is 14. The number of carbonyl (C=O) groups is 1. The molecule has 0 spiro atoms. The minimum atomic E-state index is -7.42. The van der Waals surface area contributed by atoms with Gasteiger partial charge in [-0.2, -0.15) is 61.5 Å². The van der Waals surface area contributed by atoms with E-state index in [1.165, 1.54) is 0 Å². The van der Waals surface area contributed by atoms with Crippen LogP contribution >= 0.6 is 0 Å². The molecule has 1 aliphatic carbocycles. The van der Waals surface area contributed by atoms with Gasteiger partial charge in [0.15, 0.2) is 5.78 Å². The van der Waals surface area contributed by atoms with E-state index in [1.807, 2.05) is 0 Å². The average molecular weight is 496 g/mol. The molecule has 2 rings (SSSR count). The Hall–Kier alpha value is -2.55. The van der Waals surface area contributed by atoms with Gasteiger partial charge in [-0.05, 0) is 12.1 Å². The van der Waals surface area contributed by atoms with Crippen molar-refractivity contribution in [1.82, 2.24) is 0 Å². The number of rotatable bonds is 3. The second-order valence-electron chi connectivity index (χ2n) is 6.51. The molecule has 32 heavy (non-hydrogen) atoms. The molecule has 0 bridgehead atoms. The lowest BCUT2D eigenvalue weighted by molar-refractivity contribution is -0.341. The van der Waals surface area contributed by atoms with Crippen molar-refractivity contribution in [3.63, 3.8) is 0 Å². The Kier molecular flexibility index (Phi) is 5.40. The second kappa shape index (κ2) is 6.73. The molecule has 0 atom stereocenters. The number of aliphatic hydroxyl groups is 1. The fourth-order valence-electron chi connectivity index (χ4n) is 3.01. The Morgan fingerprint density at radius 3 is 1.41 bits per heavy atom. The lowest BCUT2D eigenvalue weighted by Gasteiger charge is -2.37. The zero-order valence-electron chi connectivity index (χ0n) is 14.5. The third kappa shape index (κ3) is 2.89. The van der Waals surface area contributed by atoms with E-state index in [2.05, 4.69) is 0 Å². The van der Waals surface area contributed by atoms with E-state index >= 15 is 0 Å². The third-order valence-electron chi connectivity index (χ3n) is 4.70. The normalized spacial score (nSPS) is 23.8. The summed E-state index contributed by atoms with van der Waals surface area (Å²) in [6.45, 7) is 0. The number of ketones is 1. The van der Waals surface area contributed by atoms with E-state index in [4.69, 9.17) is 0 Å². The van der Waals surface area contributed by atoms with Crippen molar-refractivity contribution < 1.29 is 71.4 Å². The van der Waals surface area contributed by atoms with Gasteiger partial charge in [0.2, 0.25) is 0 Å². The molecule has 1 aliphatic rings. The first-order valence-corrected chi connectivity index (χ1v) is 7.72. The van der Waals surface area contributed by atoms with Crippen LogP contribution in [0.2, 0.25) is 0 Å². The smallest absolute Gasteiger partial charge is 0.416 e. The highest BCUT2D eigenvalue weighted by atomic mass is 19.4. The number of hydrogen-bond donors (Lipinski definition) is 1. The summed E-state index contributed by atoms with van der Waals surface area (Å²) in [6.07, 6.45) is -13.5. The molecule has 0 unspecified atom stereocenters. The van der Waals surface area contributed by atoms with Gasteiger partial charge in [-0.25, -0.2) is 0 Å². The van der Waals surface area contributed by atoms with E-state index in [0.29, 0.717) is 0 Å². The SMILES string of the molecule is O=C(/C=C(\O)c1ccc(C(F)(F)F)cc1)C1(C(F)(F)F)C(F)(F)C(F)(F)C(F)(F)C1(F)F. The summed E-state index contributed by atoms with van der Waals surface area (Å²) < 4.78 is 187. The number of hydrogen-bond acceptors (Lipinski definition) is 2. The maximum atomic E-state index is 13.9.